The first-order chi connectivity index (χ1) is 19.7. The predicted octanol–water partition coefficient (Wildman–Crippen LogP) is 7.47. The third-order valence-electron chi connectivity index (χ3n) is 6.49. The van der Waals surface area contributed by atoms with E-state index in [2.05, 4.69) is 10.1 Å². The largest absolute Gasteiger partial charge is 0.497 e. The lowest BCUT2D eigenvalue weighted by Gasteiger charge is -2.18. The van der Waals surface area contributed by atoms with Crippen LogP contribution in [0.2, 0.25) is 0 Å². The van der Waals surface area contributed by atoms with Crippen LogP contribution in [0.5, 0.6) is 11.5 Å². The Labute approximate surface area is 233 Å². The number of rotatable bonds is 8. The van der Waals surface area contributed by atoms with Gasteiger partial charge in [0, 0.05) is 5.56 Å². The van der Waals surface area contributed by atoms with Gasteiger partial charge in [-0.15, -0.1) is 0 Å². The fourth-order valence-electron chi connectivity index (χ4n) is 4.41. The van der Waals surface area contributed by atoms with E-state index in [0.717, 1.165) is 22.4 Å². The van der Waals surface area contributed by atoms with Gasteiger partial charge in [0.15, 0.2) is 11.5 Å². The van der Waals surface area contributed by atoms with Gasteiger partial charge < -0.3 is 14.6 Å². The number of nitrogens with zero attached hydrogens (tertiary/aromatic N) is 3. The molecular weight excluding hydrogens is 535 g/mol. The second kappa shape index (κ2) is 11.2. The highest BCUT2D eigenvalue weighted by atomic mass is 19.4. The smallest absolute Gasteiger partial charge is 0.434 e. The number of halogens is 3. The summed E-state index contributed by atoms with van der Waals surface area (Å²) in [5, 5.41) is 12.9. The minimum atomic E-state index is -4.96. The van der Waals surface area contributed by atoms with Gasteiger partial charge in [0.25, 0.3) is 0 Å². The molecule has 2 heterocycles. The SMILES string of the molecule is COc1ccc(-c2ccc(C(C)Oc3ccccc3-c3cccc(-n4ncc(C(=O)O)c4C(F)(F)F)n3)cc2)cc1. The summed E-state index contributed by atoms with van der Waals surface area (Å²) in [7, 11) is 1.62. The quantitative estimate of drug-likeness (QED) is 0.212. The summed E-state index contributed by atoms with van der Waals surface area (Å²) >= 11 is 0. The summed E-state index contributed by atoms with van der Waals surface area (Å²) in [5.74, 6) is -0.656. The number of aromatic carboxylic acids is 1. The molecule has 7 nitrogen and oxygen atoms in total. The molecule has 0 bridgehead atoms. The second-order valence-corrected chi connectivity index (χ2v) is 9.11. The lowest BCUT2D eigenvalue weighted by molar-refractivity contribution is -0.143. The van der Waals surface area contributed by atoms with Crippen molar-refractivity contribution in [3.05, 3.63) is 114 Å². The van der Waals surface area contributed by atoms with Crippen LogP contribution >= 0.6 is 0 Å². The molecule has 208 valence electrons. The standard InChI is InChI=1S/C31H24F3N3O4/c1-19(20-10-12-21(13-11-20)22-14-16-23(40-2)17-15-22)41-27-8-4-3-6-24(27)26-7-5-9-28(36-26)37-29(31(32,33)34)25(18-35-37)30(38)39/h3-19H,1-2H3,(H,38,39). The molecule has 10 heteroatoms. The Kier molecular flexibility index (Phi) is 7.47. The van der Waals surface area contributed by atoms with E-state index in [9.17, 15) is 23.1 Å². The monoisotopic (exact) mass is 559 g/mol. The number of methoxy groups -OCH3 is 1. The van der Waals surface area contributed by atoms with Crippen molar-refractivity contribution in [3.8, 4) is 39.7 Å². The van der Waals surface area contributed by atoms with Crippen molar-refractivity contribution < 1.29 is 32.5 Å². The van der Waals surface area contributed by atoms with Gasteiger partial charge in [0.2, 0.25) is 0 Å². The highest BCUT2D eigenvalue weighted by molar-refractivity contribution is 5.89. The minimum absolute atomic E-state index is 0.181. The van der Waals surface area contributed by atoms with Crippen LogP contribution in [0.3, 0.4) is 0 Å². The molecule has 0 aliphatic carbocycles. The summed E-state index contributed by atoms with van der Waals surface area (Å²) in [6.07, 6.45) is -4.65. The number of benzene rings is 3. The van der Waals surface area contributed by atoms with Crippen LogP contribution in [0.25, 0.3) is 28.2 Å². The fraction of sp³-hybridized carbons (Fsp3) is 0.129. The predicted molar refractivity (Wildman–Crippen MR) is 146 cm³/mol. The Morgan fingerprint density at radius 1 is 0.902 bits per heavy atom. The molecule has 3 aromatic carbocycles. The van der Waals surface area contributed by atoms with Crippen molar-refractivity contribution in [3.63, 3.8) is 0 Å². The van der Waals surface area contributed by atoms with Crippen molar-refractivity contribution in [1.82, 2.24) is 14.8 Å². The Bertz CT molecular complexity index is 1680. The number of ether oxygens (including phenoxy) is 2. The van der Waals surface area contributed by atoms with Gasteiger partial charge in [0.05, 0.1) is 19.0 Å². The third kappa shape index (κ3) is 5.76. The van der Waals surface area contributed by atoms with E-state index in [1.54, 1.807) is 37.4 Å². The van der Waals surface area contributed by atoms with E-state index >= 15 is 0 Å². The van der Waals surface area contributed by atoms with E-state index < -0.39 is 23.4 Å². The van der Waals surface area contributed by atoms with Gasteiger partial charge in [-0.05, 0) is 60.0 Å². The van der Waals surface area contributed by atoms with Crippen LogP contribution in [0, 0.1) is 0 Å². The van der Waals surface area contributed by atoms with Gasteiger partial charge in [0.1, 0.15) is 23.2 Å². The third-order valence-corrected chi connectivity index (χ3v) is 6.49. The molecule has 0 spiro atoms. The zero-order chi connectivity index (χ0) is 29.1. The lowest BCUT2D eigenvalue weighted by Crippen LogP contribution is -2.18. The van der Waals surface area contributed by atoms with Crippen LogP contribution in [-0.2, 0) is 6.18 Å². The fourth-order valence-corrected chi connectivity index (χ4v) is 4.41. The first kappa shape index (κ1) is 27.4. The molecule has 1 atom stereocenters. The zero-order valence-corrected chi connectivity index (χ0v) is 22.0. The normalized spacial score (nSPS) is 12.1. The topological polar surface area (TPSA) is 86.5 Å². The number of carboxylic acid groups (broad SMARTS) is 1. The molecular formula is C31H24F3N3O4. The molecule has 1 unspecified atom stereocenters. The van der Waals surface area contributed by atoms with Crippen LogP contribution in [0.1, 0.15) is 34.6 Å². The van der Waals surface area contributed by atoms with Crippen molar-refractivity contribution in [2.24, 2.45) is 0 Å². The van der Waals surface area contributed by atoms with E-state index in [4.69, 9.17) is 9.47 Å². The molecule has 0 aliphatic heterocycles. The Balaban J connectivity index is 1.42. The van der Waals surface area contributed by atoms with E-state index in [-0.39, 0.29) is 11.9 Å². The summed E-state index contributed by atoms with van der Waals surface area (Å²) in [5.41, 5.74) is 1.52. The lowest BCUT2D eigenvalue weighted by atomic mass is 10.0. The number of alkyl halides is 3. The maximum absolute atomic E-state index is 13.8. The van der Waals surface area contributed by atoms with Gasteiger partial charge >= 0.3 is 12.1 Å². The van der Waals surface area contributed by atoms with Crippen molar-refractivity contribution in [2.75, 3.05) is 7.11 Å². The van der Waals surface area contributed by atoms with E-state index in [0.29, 0.717) is 27.9 Å². The summed E-state index contributed by atoms with van der Waals surface area (Å²) in [6.45, 7) is 1.90. The highest BCUT2D eigenvalue weighted by Gasteiger charge is 2.41. The molecule has 41 heavy (non-hydrogen) atoms. The van der Waals surface area contributed by atoms with Gasteiger partial charge in [-0.1, -0.05) is 54.6 Å². The molecule has 0 amide bonds. The molecule has 0 radical (unpaired) electrons. The van der Waals surface area contributed by atoms with Crippen molar-refractivity contribution >= 4 is 5.97 Å². The summed E-state index contributed by atoms with van der Waals surface area (Å²) in [6, 6.07) is 27.3. The number of para-hydroxylation sites is 1. The Hall–Kier alpha value is -5.12. The molecule has 1 N–H and O–H groups in total. The molecule has 0 fully saturated rings. The zero-order valence-electron chi connectivity index (χ0n) is 22.0. The average Bonchev–Trinajstić information content (AvgIpc) is 3.45. The number of aromatic nitrogens is 3. The number of hydrogen-bond acceptors (Lipinski definition) is 5. The maximum atomic E-state index is 13.8. The molecule has 0 saturated carbocycles. The van der Waals surface area contributed by atoms with E-state index in [1.165, 1.54) is 12.1 Å². The summed E-state index contributed by atoms with van der Waals surface area (Å²) in [4.78, 5) is 15.8. The van der Waals surface area contributed by atoms with Crippen LogP contribution in [-0.4, -0.2) is 33.0 Å². The van der Waals surface area contributed by atoms with Crippen LogP contribution in [0.4, 0.5) is 13.2 Å². The van der Waals surface area contributed by atoms with Gasteiger partial charge in [-0.3, -0.25) is 0 Å². The first-order valence-electron chi connectivity index (χ1n) is 12.5. The molecule has 0 saturated heterocycles. The van der Waals surface area contributed by atoms with Crippen molar-refractivity contribution in [2.45, 2.75) is 19.2 Å². The molecule has 5 aromatic rings. The second-order valence-electron chi connectivity index (χ2n) is 9.11. The number of carboxylic acids is 1. The molecule has 2 aromatic heterocycles. The van der Waals surface area contributed by atoms with Crippen LogP contribution in [0.15, 0.2) is 97.2 Å². The maximum Gasteiger partial charge on any atom is 0.434 e. The molecule has 0 aliphatic rings. The minimum Gasteiger partial charge on any atom is -0.497 e. The highest BCUT2D eigenvalue weighted by Crippen LogP contribution is 2.36. The Morgan fingerprint density at radius 2 is 1.56 bits per heavy atom. The Morgan fingerprint density at radius 3 is 2.20 bits per heavy atom. The van der Waals surface area contributed by atoms with Crippen LogP contribution < -0.4 is 9.47 Å². The first-order valence-corrected chi connectivity index (χ1v) is 12.5. The van der Waals surface area contributed by atoms with Crippen molar-refractivity contribution in [1.29, 1.82) is 0 Å². The van der Waals surface area contributed by atoms with Gasteiger partial charge in [-0.2, -0.15) is 18.3 Å². The average molecular weight is 560 g/mol. The number of pyridine rings is 1. The number of carbonyl (C=O) groups is 1. The number of hydrogen-bond donors (Lipinski definition) is 1. The summed E-state index contributed by atoms with van der Waals surface area (Å²) < 4.78 is 53.3. The molecule has 5 rings (SSSR count). The van der Waals surface area contributed by atoms with Gasteiger partial charge in [-0.25, -0.2) is 14.5 Å². The van der Waals surface area contributed by atoms with E-state index in [1.807, 2.05) is 55.5 Å².